The van der Waals surface area contributed by atoms with E-state index in [-0.39, 0.29) is 12.2 Å². The van der Waals surface area contributed by atoms with Crippen molar-refractivity contribution in [3.05, 3.63) is 28.8 Å². The first-order chi connectivity index (χ1) is 9.87. The average molecular weight is 323 g/mol. The molecule has 1 fully saturated rings. The molecule has 2 rings (SSSR count). The lowest BCUT2D eigenvalue weighted by atomic mass is 9.98. The number of piperazine rings is 1. The van der Waals surface area contributed by atoms with Crippen LogP contribution in [0.25, 0.3) is 0 Å². The molecule has 0 aliphatic carbocycles. The van der Waals surface area contributed by atoms with Crippen LogP contribution < -0.4 is 5.32 Å². The van der Waals surface area contributed by atoms with E-state index < -0.39 is 18.6 Å². The van der Waals surface area contributed by atoms with Crippen LogP contribution in [0.5, 0.6) is 5.75 Å². The second-order valence-corrected chi connectivity index (χ2v) is 5.60. The minimum Gasteiger partial charge on any atom is -0.508 e. The fourth-order valence-electron chi connectivity index (χ4n) is 2.62. The summed E-state index contributed by atoms with van der Waals surface area (Å²) in [5.41, 5.74) is 0.466. The van der Waals surface area contributed by atoms with E-state index in [1.165, 1.54) is 12.1 Å². The summed E-state index contributed by atoms with van der Waals surface area (Å²) >= 11 is 5.93. The summed E-state index contributed by atoms with van der Waals surface area (Å²) < 4.78 is 37.7. The molecule has 1 aliphatic heterocycles. The maximum Gasteiger partial charge on any atom is 0.389 e. The Bertz CT molecular complexity index is 476. The molecule has 0 radical (unpaired) electrons. The first-order valence-electron chi connectivity index (χ1n) is 6.87. The van der Waals surface area contributed by atoms with Crippen molar-refractivity contribution in [1.82, 2.24) is 10.2 Å². The van der Waals surface area contributed by atoms with E-state index >= 15 is 0 Å². The maximum atomic E-state index is 12.6. The summed E-state index contributed by atoms with van der Waals surface area (Å²) in [5, 5.41) is 13.6. The van der Waals surface area contributed by atoms with Gasteiger partial charge < -0.3 is 10.4 Å². The lowest BCUT2D eigenvalue weighted by molar-refractivity contribution is -0.138. The molecule has 0 aromatic heterocycles. The Morgan fingerprint density at radius 3 is 2.57 bits per heavy atom. The molecule has 1 heterocycles. The van der Waals surface area contributed by atoms with Crippen molar-refractivity contribution in [3.63, 3.8) is 0 Å². The van der Waals surface area contributed by atoms with Gasteiger partial charge in [-0.15, -0.1) is 0 Å². The Morgan fingerprint density at radius 2 is 1.95 bits per heavy atom. The van der Waals surface area contributed by atoms with E-state index in [0.29, 0.717) is 23.7 Å². The summed E-state index contributed by atoms with van der Waals surface area (Å²) in [4.78, 5) is 1.97. The van der Waals surface area contributed by atoms with Gasteiger partial charge >= 0.3 is 6.18 Å². The van der Waals surface area contributed by atoms with Crippen LogP contribution in [0.4, 0.5) is 13.2 Å². The van der Waals surface area contributed by atoms with E-state index in [4.69, 9.17) is 11.6 Å². The second-order valence-electron chi connectivity index (χ2n) is 5.16. The first-order valence-corrected chi connectivity index (χ1v) is 7.24. The van der Waals surface area contributed by atoms with Crippen molar-refractivity contribution in [1.29, 1.82) is 0 Å². The Hall–Kier alpha value is -0.980. The van der Waals surface area contributed by atoms with Gasteiger partial charge in [-0.25, -0.2) is 0 Å². The highest BCUT2D eigenvalue weighted by Gasteiger charge is 2.32. The summed E-state index contributed by atoms with van der Waals surface area (Å²) in [6.45, 7) is 2.75. The van der Waals surface area contributed by atoms with Gasteiger partial charge in [0, 0.05) is 49.2 Å². The Morgan fingerprint density at radius 1 is 1.29 bits per heavy atom. The third-order valence-electron chi connectivity index (χ3n) is 3.64. The Kier molecular flexibility index (Phi) is 5.35. The molecule has 0 amide bonds. The van der Waals surface area contributed by atoms with Gasteiger partial charge in [0.2, 0.25) is 0 Å². The van der Waals surface area contributed by atoms with Gasteiger partial charge in [-0.2, -0.15) is 13.2 Å². The first kappa shape index (κ1) is 16.4. The lowest BCUT2D eigenvalue weighted by Crippen LogP contribution is -2.45. The largest absolute Gasteiger partial charge is 0.508 e. The third-order valence-corrected chi connectivity index (χ3v) is 3.88. The normalized spacial score (nSPS) is 18.7. The van der Waals surface area contributed by atoms with Crippen molar-refractivity contribution >= 4 is 11.6 Å². The van der Waals surface area contributed by atoms with Gasteiger partial charge in [0.1, 0.15) is 5.75 Å². The summed E-state index contributed by atoms with van der Waals surface area (Å²) in [6, 6.07) is 4.03. The van der Waals surface area contributed by atoms with Gasteiger partial charge in [0.05, 0.1) is 0 Å². The molecule has 1 aromatic rings. The number of hydrogen-bond acceptors (Lipinski definition) is 3. The van der Waals surface area contributed by atoms with Crippen molar-refractivity contribution in [2.45, 2.75) is 25.1 Å². The highest BCUT2D eigenvalue weighted by Crippen LogP contribution is 2.36. The van der Waals surface area contributed by atoms with Crippen LogP contribution in [0.3, 0.4) is 0 Å². The van der Waals surface area contributed by atoms with Crippen molar-refractivity contribution in [2.75, 3.05) is 26.2 Å². The molecule has 1 aromatic carbocycles. The summed E-state index contributed by atoms with van der Waals surface area (Å²) in [5.74, 6) is -0.00916. The van der Waals surface area contributed by atoms with Crippen molar-refractivity contribution in [2.24, 2.45) is 0 Å². The zero-order chi connectivity index (χ0) is 15.5. The lowest BCUT2D eigenvalue weighted by Gasteiger charge is -2.35. The predicted octanol–water partition coefficient (Wildman–Crippen LogP) is 3.33. The van der Waals surface area contributed by atoms with E-state index in [9.17, 15) is 18.3 Å². The topological polar surface area (TPSA) is 35.5 Å². The highest BCUT2D eigenvalue weighted by molar-refractivity contribution is 6.30. The number of nitrogens with one attached hydrogen (secondary N) is 1. The van der Waals surface area contributed by atoms with Crippen LogP contribution in [0.2, 0.25) is 5.02 Å². The molecule has 0 spiro atoms. The number of phenolic OH excluding ortho intramolecular Hbond substituents is 1. The van der Waals surface area contributed by atoms with Gasteiger partial charge in [0.25, 0.3) is 0 Å². The zero-order valence-corrected chi connectivity index (χ0v) is 12.2. The minimum absolute atomic E-state index is 0.00916. The Labute approximate surface area is 126 Å². The van der Waals surface area contributed by atoms with E-state index in [1.807, 2.05) is 4.90 Å². The predicted molar refractivity (Wildman–Crippen MR) is 75.6 cm³/mol. The number of rotatable bonds is 4. The number of nitrogens with zero attached hydrogens (tertiary/aromatic N) is 1. The molecule has 2 N–H and O–H groups in total. The van der Waals surface area contributed by atoms with Crippen LogP contribution in [-0.4, -0.2) is 42.4 Å². The SMILES string of the molecule is Oc1ccc(Cl)cc1[C@@H](CCC(F)(F)F)N1CCNCC1. The highest BCUT2D eigenvalue weighted by atomic mass is 35.5. The Balaban J connectivity index is 2.23. The van der Waals surface area contributed by atoms with Crippen molar-refractivity contribution < 1.29 is 18.3 Å². The standard InChI is InChI=1S/C14H18ClF3N2O/c15-10-1-2-13(21)11(9-10)12(3-4-14(16,17)18)20-7-5-19-6-8-20/h1-2,9,12,19,21H,3-8H2/t12-/m1/s1. The maximum absolute atomic E-state index is 12.6. The fourth-order valence-corrected chi connectivity index (χ4v) is 2.80. The van der Waals surface area contributed by atoms with Crippen LogP contribution >= 0.6 is 11.6 Å². The number of alkyl halides is 3. The monoisotopic (exact) mass is 322 g/mol. The molecule has 0 bridgehead atoms. The molecular weight excluding hydrogens is 305 g/mol. The molecule has 118 valence electrons. The number of hydrogen-bond donors (Lipinski definition) is 2. The van der Waals surface area contributed by atoms with Gasteiger partial charge in [-0.05, 0) is 24.6 Å². The molecule has 0 saturated carbocycles. The van der Waals surface area contributed by atoms with E-state index in [1.54, 1.807) is 6.07 Å². The molecular formula is C14H18ClF3N2O. The van der Waals surface area contributed by atoms with Gasteiger partial charge in [-0.3, -0.25) is 4.90 Å². The molecule has 21 heavy (non-hydrogen) atoms. The van der Waals surface area contributed by atoms with Gasteiger partial charge in [0.15, 0.2) is 0 Å². The summed E-state index contributed by atoms with van der Waals surface area (Å²) in [6.07, 6.45) is -5.18. The number of phenols is 1. The number of aromatic hydroxyl groups is 1. The third kappa shape index (κ3) is 4.76. The number of benzene rings is 1. The van der Waals surface area contributed by atoms with Gasteiger partial charge in [-0.1, -0.05) is 11.6 Å². The molecule has 1 saturated heterocycles. The fraction of sp³-hybridized carbons (Fsp3) is 0.571. The zero-order valence-electron chi connectivity index (χ0n) is 11.5. The second kappa shape index (κ2) is 6.85. The smallest absolute Gasteiger partial charge is 0.389 e. The molecule has 1 aliphatic rings. The van der Waals surface area contributed by atoms with Crippen LogP contribution in [0, 0.1) is 0 Å². The summed E-state index contributed by atoms with van der Waals surface area (Å²) in [7, 11) is 0. The molecule has 7 heteroatoms. The van der Waals surface area contributed by atoms with Crippen molar-refractivity contribution in [3.8, 4) is 5.75 Å². The number of halogens is 4. The molecule has 0 unspecified atom stereocenters. The quantitative estimate of drug-likeness (QED) is 0.892. The average Bonchev–Trinajstić information content (AvgIpc) is 2.43. The molecule has 1 atom stereocenters. The van der Waals surface area contributed by atoms with Crippen LogP contribution in [0.1, 0.15) is 24.4 Å². The molecule has 3 nitrogen and oxygen atoms in total. The van der Waals surface area contributed by atoms with E-state index in [2.05, 4.69) is 5.32 Å². The minimum atomic E-state index is -4.21. The van der Waals surface area contributed by atoms with Crippen LogP contribution in [-0.2, 0) is 0 Å². The van der Waals surface area contributed by atoms with E-state index in [0.717, 1.165) is 13.1 Å². The van der Waals surface area contributed by atoms with Crippen LogP contribution in [0.15, 0.2) is 18.2 Å².